The molecule has 0 spiro atoms. The van der Waals surface area contributed by atoms with Gasteiger partial charge in [-0.3, -0.25) is 4.79 Å². The van der Waals surface area contributed by atoms with Crippen LogP contribution < -0.4 is 15.4 Å². The van der Waals surface area contributed by atoms with Crippen molar-refractivity contribution in [3.63, 3.8) is 0 Å². The Kier molecular flexibility index (Phi) is 5.17. The highest BCUT2D eigenvalue weighted by Gasteiger charge is 2.38. The Bertz CT molecular complexity index is 494. The molecule has 1 aliphatic heterocycles. The lowest BCUT2D eigenvalue weighted by Crippen LogP contribution is -2.48. The van der Waals surface area contributed by atoms with Gasteiger partial charge in [-0.2, -0.15) is 0 Å². The van der Waals surface area contributed by atoms with Gasteiger partial charge in [-0.15, -0.1) is 0 Å². The summed E-state index contributed by atoms with van der Waals surface area (Å²) in [5.41, 5.74) is 0.136. The molecule has 1 aromatic carbocycles. The fourth-order valence-electron chi connectivity index (χ4n) is 2.99. The van der Waals surface area contributed by atoms with Crippen molar-refractivity contribution in [1.82, 2.24) is 5.32 Å². The number of methoxy groups -OCH3 is 1. The van der Waals surface area contributed by atoms with Crippen molar-refractivity contribution in [2.24, 2.45) is 5.41 Å². The average molecular weight is 294 g/mol. The van der Waals surface area contributed by atoms with Crippen LogP contribution in [0.4, 0.5) is 10.1 Å². The van der Waals surface area contributed by atoms with E-state index in [0.717, 1.165) is 32.2 Å². The third-order valence-corrected chi connectivity index (χ3v) is 4.09. The number of amides is 1. The average Bonchev–Trinajstić information content (AvgIpc) is 2.50. The summed E-state index contributed by atoms with van der Waals surface area (Å²) in [7, 11) is 1.47. The first-order valence-corrected chi connectivity index (χ1v) is 7.47. The van der Waals surface area contributed by atoms with Crippen molar-refractivity contribution in [3.8, 4) is 5.75 Å². The molecule has 21 heavy (non-hydrogen) atoms. The second kappa shape index (κ2) is 6.89. The van der Waals surface area contributed by atoms with E-state index in [1.54, 1.807) is 6.07 Å². The van der Waals surface area contributed by atoms with Gasteiger partial charge in [0.25, 0.3) is 0 Å². The second-order valence-electron chi connectivity index (χ2n) is 5.61. The Morgan fingerprint density at radius 3 is 2.95 bits per heavy atom. The van der Waals surface area contributed by atoms with E-state index < -0.39 is 0 Å². The summed E-state index contributed by atoms with van der Waals surface area (Å²) >= 11 is 0. The summed E-state index contributed by atoms with van der Waals surface area (Å²) in [4.78, 5) is 12.7. The van der Waals surface area contributed by atoms with E-state index in [1.165, 1.54) is 19.2 Å². The molecule has 1 saturated heterocycles. The maximum atomic E-state index is 13.2. The monoisotopic (exact) mass is 294 g/mol. The summed E-state index contributed by atoms with van der Waals surface area (Å²) in [6, 6.07) is 4.15. The molecular weight excluding hydrogens is 271 g/mol. The molecule has 0 radical (unpaired) electrons. The number of anilines is 1. The lowest BCUT2D eigenvalue weighted by atomic mass is 9.76. The largest absolute Gasteiger partial charge is 0.494 e. The smallest absolute Gasteiger partial charge is 0.231 e. The molecule has 0 aliphatic carbocycles. The molecule has 1 aromatic rings. The van der Waals surface area contributed by atoms with E-state index in [-0.39, 0.29) is 17.1 Å². The molecule has 2 rings (SSSR count). The van der Waals surface area contributed by atoms with Crippen LogP contribution in [0.5, 0.6) is 5.75 Å². The minimum absolute atomic E-state index is 0.0125. The lowest BCUT2D eigenvalue weighted by Gasteiger charge is -2.36. The van der Waals surface area contributed by atoms with Gasteiger partial charge in [-0.25, -0.2) is 4.39 Å². The molecule has 5 heteroatoms. The minimum atomic E-state index is -0.383. The van der Waals surface area contributed by atoms with E-state index in [9.17, 15) is 9.18 Å². The number of benzene rings is 1. The normalized spacial score (nSPS) is 21.9. The molecule has 0 aromatic heterocycles. The Labute approximate surface area is 125 Å². The third-order valence-electron chi connectivity index (χ3n) is 4.09. The highest BCUT2D eigenvalue weighted by Crippen LogP contribution is 2.34. The first-order chi connectivity index (χ1) is 10.1. The summed E-state index contributed by atoms with van der Waals surface area (Å²) in [6.07, 6.45) is 3.67. The zero-order valence-electron chi connectivity index (χ0n) is 12.7. The van der Waals surface area contributed by atoms with Crippen molar-refractivity contribution >= 4 is 11.6 Å². The number of piperidine rings is 1. The van der Waals surface area contributed by atoms with E-state index in [4.69, 9.17) is 4.74 Å². The molecule has 2 N–H and O–H groups in total. The number of ether oxygens (including phenoxy) is 1. The van der Waals surface area contributed by atoms with Crippen LogP contribution in [-0.2, 0) is 4.79 Å². The van der Waals surface area contributed by atoms with Gasteiger partial charge in [0, 0.05) is 12.6 Å². The van der Waals surface area contributed by atoms with Crippen molar-refractivity contribution in [1.29, 1.82) is 0 Å². The van der Waals surface area contributed by atoms with Crippen LogP contribution in [0.1, 0.15) is 32.6 Å². The number of carbonyl (C=O) groups is 1. The van der Waals surface area contributed by atoms with Crippen LogP contribution in [0.3, 0.4) is 0 Å². The molecule has 116 valence electrons. The van der Waals surface area contributed by atoms with Gasteiger partial charge in [0.2, 0.25) is 5.91 Å². The molecule has 1 atom stereocenters. The maximum absolute atomic E-state index is 13.2. The van der Waals surface area contributed by atoms with Crippen LogP contribution in [0, 0.1) is 11.2 Å². The zero-order chi connectivity index (χ0) is 15.3. The minimum Gasteiger partial charge on any atom is -0.494 e. The Balaban J connectivity index is 2.19. The topological polar surface area (TPSA) is 50.4 Å². The molecular formula is C16H23FN2O2. The van der Waals surface area contributed by atoms with Crippen LogP contribution in [0.2, 0.25) is 0 Å². The van der Waals surface area contributed by atoms with Gasteiger partial charge in [-0.1, -0.05) is 13.3 Å². The summed E-state index contributed by atoms with van der Waals surface area (Å²) < 4.78 is 18.4. The van der Waals surface area contributed by atoms with Crippen LogP contribution in [0.25, 0.3) is 0 Å². The van der Waals surface area contributed by atoms with Gasteiger partial charge in [-0.05, 0) is 37.9 Å². The van der Waals surface area contributed by atoms with Crippen LogP contribution in [0.15, 0.2) is 18.2 Å². The number of halogens is 1. The van der Waals surface area contributed by atoms with Gasteiger partial charge in [0.15, 0.2) is 0 Å². The molecule has 4 nitrogen and oxygen atoms in total. The number of hydrogen-bond acceptors (Lipinski definition) is 3. The van der Waals surface area contributed by atoms with Crippen molar-refractivity contribution in [2.45, 2.75) is 32.6 Å². The standard InChI is InChI=1S/C16H23FN2O2/c1-3-7-16(8-4-9-18-11-16)15(20)19-13-6-5-12(17)10-14(13)21-2/h5-6,10,18H,3-4,7-9,11H2,1-2H3,(H,19,20). The fourth-order valence-corrected chi connectivity index (χ4v) is 2.99. The molecule has 1 unspecified atom stereocenters. The SMILES string of the molecule is CCCC1(C(=O)Nc2ccc(F)cc2OC)CCCNC1. The van der Waals surface area contributed by atoms with Gasteiger partial charge < -0.3 is 15.4 Å². The summed E-state index contributed by atoms with van der Waals surface area (Å²) in [6.45, 7) is 3.73. The van der Waals surface area contributed by atoms with Crippen LogP contribution >= 0.6 is 0 Å². The second-order valence-corrected chi connectivity index (χ2v) is 5.61. The molecule has 1 fully saturated rings. The van der Waals surface area contributed by atoms with Crippen molar-refractivity contribution in [3.05, 3.63) is 24.0 Å². The van der Waals surface area contributed by atoms with E-state index in [1.807, 2.05) is 0 Å². The Morgan fingerprint density at radius 1 is 1.52 bits per heavy atom. The lowest BCUT2D eigenvalue weighted by molar-refractivity contribution is -0.127. The van der Waals surface area contributed by atoms with E-state index in [0.29, 0.717) is 18.0 Å². The molecule has 1 amide bonds. The first-order valence-electron chi connectivity index (χ1n) is 7.47. The Hall–Kier alpha value is -1.62. The van der Waals surface area contributed by atoms with E-state index in [2.05, 4.69) is 17.6 Å². The quantitative estimate of drug-likeness (QED) is 0.878. The number of rotatable bonds is 5. The number of nitrogens with one attached hydrogen (secondary N) is 2. The third kappa shape index (κ3) is 3.53. The van der Waals surface area contributed by atoms with Crippen molar-refractivity contribution in [2.75, 3.05) is 25.5 Å². The molecule has 0 saturated carbocycles. The highest BCUT2D eigenvalue weighted by atomic mass is 19.1. The predicted octanol–water partition coefficient (Wildman–Crippen LogP) is 2.94. The number of carbonyl (C=O) groups excluding carboxylic acids is 1. The van der Waals surface area contributed by atoms with Gasteiger partial charge in [0.1, 0.15) is 11.6 Å². The number of hydrogen-bond donors (Lipinski definition) is 2. The fraction of sp³-hybridized carbons (Fsp3) is 0.562. The van der Waals surface area contributed by atoms with Gasteiger partial charge >= 0.3 is 0 Å². The van der Waals surface area contributed by atoms with Gasteiger partial charge in [0.05, 0.1) is 18.2 Å². The van der Waals surface area contributed by atoms with E-state index >= 15 is 0 Å². The molecule has 0 bridgehead atoms. The predicted molar refractivity (Wildman–Crippen MR) is 81.0 cm³/mol. The van der Waals surface area contributed by atoms with Crippen LogP contribution in [-0.4, -0.2) is 26.1 Å². The molecule has 1 aliphatic rings. The zero-order valence-corrected chi connectivity index (χ0v) is 12.7. The maximum Gasteiger partial charge on any atom is 0.231 e. The first kappa shape index (κ1) is 15.8. The molecule has 1 heterocycles. The summed E-state index contributed by atoms with van der Waals surface area (Å²) in [5, 5.41) is 6.23. The summed E-state index contributed by atoms with van der Waals surface area (Å²) in [5.74, 6) is -0.0484. The van der Waals surface area contributed by atoms with Crippen molar-refractivity contribution < 1.29 is 13.9 Å². The highest BCUT2D eigenvalue weighted by molar-refractivity contribution is 5.96. The Morgan fingerprint density at radius 2 is 2.33 bits per heavy atom.